The van der Waals surface area contributed by atoms with Gasteiger partial charge in [-0.25, -0.2) is 0 Å². The Morgan fingerprint density at radius 1 is 1.04 bits per heavy atom. The van der Waals surface area contributed by atoms with Crippen molar-refractivity contribution in [3.05, 3.63) is 58.1 Å². The average Bonchev–Trinajstić information content (AvgIpc) is 2.61. The zero-order valence-corrected chi connectivity index (χ0v) is 19.3. The quantitative estimate of drug-likeness (QED) is 0.510. The molecule has 0 aliphatic rings. The van der Waals surface area contributed by atoms with Crippen LogP contribution >= 0.6 is 36.4 Å². The molecule has 0 fully saturated rings. The zero-order valence-electron chi connectivity index (χ0n) is 17.0. The van der Waals surface area contributed by atoms with Gasteiger partial charge >= 0.3 is 0 Å². The van der Waals surface area contributed by atoms with Gasteiger partial charge in [0.1, 0.15) is 6.61 Å². The smallest absolute Gasteiger partial charge is 0.180 e. The standard InChI is InChI=1S/C21H29ClN2O2.2ClH/c1-16-6-8-17(9-7-16)15-26-21-19(22)12-18(13-20(21)25-4)14-23-10-5-11-24(2)3;;/h6-9,12-13,23H,5,10-11,14-15H2,1-4H3;2*1H. The number of ether oxygens (including phenoxy) is 2. The second-order valence-electron chi connectivity index (χ2n) is 6.72. The maximum Gasteiger partial charge on any atom is 0.180 e. The SMILES string of the molecule is COc1cc(CNCCCN(C)C)cc(Cl)c1OCc1ccc(C)cc1.Cl.Cl. The van der Waals surface area contributed by atoms with Gasteiger partial charge in [0.15, 0.2) is 11.5 Å². The molecule has 0 aliphatic carbocycles. The molecule has 2 rings (SSSR count). The van der Waals surface area contributed by atoms with E-state index in [1.165, 1.54) is 5.56 Å². The second-order valence-corrected chi connectivity index (χ2v) is 7.12. The summed E-state index contributed by atoms with van der Waals surface area (Å²) in [5.74, 6) is 1.25. The summed E-state index contributed by atoms with van der Waals surface area (Å²) < 4.78 is 11.4. The minimum Gasteiger partial charge on any atom is -0.493 e. The molecular formula is C21H31Cl3N2O2. The largest absolute Gasteiger partial charge is 0.493 e. The summed E-state index contributed by atoms with van der Waals surface area (Å²) in [6.45, 7) is 5.31. The lowest BCUT2D eigenvalue weighted by Gasteiger charge is -2.15. The Labute approximate surface area is 186 Å². The summed E-state index contributed by atoms with van der Waals surface area (Å²) in [7, 11) is 5.80. The van der Waals surface area contributed by atoms with Gasteiger partial charge in [-0.2, -0.15) is 0 Å². The van der Waals surface area contributed by atoms with Crippen LogP contribution in [-0.4, -0.2) is 39.2 Å². The third-order valence-electron chi connectivity index (χ3n) is 4.08. The normalized spacial score (nSPS) is 10.2. The van der Waals surface area contributed by atoms with E-state index in [-0.39, 0.29) is 24.8 Å². The van der Waals surface area contributed by atoms with Gasteiger partial charge in [-0.15, -0.1) is 24.8 Å². The lowest BCUT2D eigenvalue weighted by Crippen LogP contribution is -2.21. The van der Waals surface area contributed by atoms with Crippen LogP contribution < -0.4 is 14.8 Å². The van der Waals surface area contributed by atoms with Crippen LogP contribution in [-0.2, 0) is 13.2 Å². The first-order valence-corrected chi connectivity index (χ1v) is 9.27. The van der Waals surface area contributed by atoms with Crippen molar-refractivity contribution in [1.29, 1.82) is 0 Å². The number of methoxy groups -OCH3 is 1. The first kappa shape index (κ1) is 26.8. The Hall–Kier alpha value is -1.17. The van der Waals surface area contributed by atoms with E-state index in [4.69, 9.17) is 21.1 Å². The van der Waals surface area contributed by atoms with Gasteiger partial charge in [-0.05, 0) is 63.8 Å². The Morgan fingerprint density at radius 2 is 1.71 bits per heavy atom. The molecule has 2 aromatic carbocycles. The molecule has 0 bridgehead atoms. The fourth-order valence-electron chi connectivity index (χ4n) is 2.61. The van der Waals surface area contributed by atoms with Crippen LogP contribution in [0.4, 0.5) is 0 Å². The second kappa shape index (κ2) is 13.9. The summed E-state index contributed by atoms with van der Waals surface area (Å²) in [4.78, 5) is 2.18. The van der Waals surface area contributed by atoms with E-state index in [0.717, 1.165) is 37.2 Å². The summed E-state index contributed by atoms with van der Waals surface area (Å²) >= 11 is 6.45. The van der Waals surface area contributed by atoms with E-state index >= 15 is 0 Å². The number of hydrogen-bond acceptors (Lipinski definition) is 4. The molecule has 4 nitrogen and oxygen atoms in total. The topological polar surface area (TPSA) is 33.7 Å². The Morgan fingerprint density at radius 3 is 2.32 bits per heavy atom. The van der Waals surface area contributed by atoms with Gasteiger partial charge < -0.3 is 19.7 Å². The molecule has 2 aromatic rings. The maximum absolute atomic E-state index is 6.45. The van der Waals surface area contributed by atoms with Crippen molar-refractivity contribution >= 4 is 36.4 Å². The van der Waals surface area contributed by atoms with Gasteiger partial charge in [0.25, 0.3) is 0 Å². The summed E-state index contributed by atoms with van der Waals surface area (Å²) in [5, 5.41) is 4.01. The molecule has 28 heavy (non-hydrogen) atoms. The number of nitrogens with zero attached hydrogens (tertiary/aromatic N) is 1. The molecule has 0 amide bonds. The van der Waals surface area contributed by atoms with Crippen LogP contribution in [0.5, 0.6) is 11.5 Å². The van der Waals surface area contributed by atoms with Crippen LogP contribution in [0.25, 0.3) is 0 Å². The van der Waals surface area contributed by atoms with Gasteiger partial charge in [0, 0.05) is 6.54 Å². The number of benzene rings is 2. The molecule has 0 aliphatic heterocycles. The number of rotatable bonds is 10. The van der Waals surface area contributed by atoms with Crippen molar-refractivity contribution < 1.29 is 9.47 Å². The van der Waals surface area contributed by atoms with Crippen LogP contribution in [0.1, 0.15) is 23.1 Å². The highest BCUT2D eigenvalue weighted by molar-refractivity contribution is 6.32. The summed E-state index contributed by atoms with van der Waals surface area (Å²) in [6, 6.07) is 12.2. The van der Waals surface area contributed by atoms with Crippen molar-refractivity contribution in [2.24, 2.45) is 0 Å². The molecule has 7 heteroatoms. The maximum atomic E-state index is 6.45. The molecule has 0 saturated heterocycles. The Balaban J connectivity index is 0.00000364. The van der Waals surface area contributed by atoms with Gasteiger partial charge in [-0.1, -0.05) is 41.4 Å². The molecule has 0 heterocycles. The predicted molar refractivity (Wildman–Crippen MR) is 123 cm³/mol. The van der Waals surface area contributed by atoms with E-state index < -0.39 is 0 Å². The lowest BCUT2D eigenvalue weighted by molar-refractivity contribution is 0.284. The Kier molecular flexibility index (Phi) is 13.3. The third-order valence-corrected chi connectivity index (χ3v) is 4.36. The minimum atomic E-state index is 0. The van der Waals surface area contributed by atoms with E-state index in [2.05, 4.69) is 55.5 Å². The van der Waals surface area contributed by atoms with Crippen LogP contribution in [0.3, 0.4) is 0 Å². The van der Waals surface area contributed by atoms with Crippen molar-refractivity contribution in [2.45, 2.75) is 26.5 Å². The highest BCUT2D eigenvalue weighted by atomic mass is 35.5. The molecule has 0 unspecified atom stereocenters. The summed E-state index contributed by atoms with van der Waals surface area (Å²) in [5.41, 5.74) is 3.41. The van der Waals surface area contributed by atoms with Gasteiger partial charge in [-0.3, -0.25) is 0 Å². The molecule has 0 spiro atoms. The van der Waals surface area contributed by atoms with Gasteiger partial charge in [0.2, 0.25) is 0 Å². The monoisotopic (exact) mass is 448 g/mol. The fraction of sp³-hybridized carbons (Fsp3) is 0.429. The number of aryl methyl sites for hydroxylation is 1. The molecule has 158 valence electrons. The fourth-order valence-corrected chi connectivity index (χ4v) is 2.90. The molecule has 0 aromatic heterocycles. The molecule has 0 radical (unpaired) electrons. The Bertz CT molecular complexity index is 695. The van der Waals surface area contributed by atoms with Crippen LogP contribution in [0, 0.1) is 6.92 Å². The van der Waals surface area contributed by atoms with Crippen molar-refractivity contribution in [2.75, 3.05) is 34.3 Å². The van der Waals surface area contributed by atoms with Crippen molar-refractivity contribution in [1.82, 2.24) is 10.2 Å². The van der Waals surface area contributed by atoms with Crippen LogP contribution in [0.15, 0.2) is 36.4 Å². The van der Waals surface area contributed by atoms with Gasteiger partial charge in [0.05, 0.1) is 12.1 Å². The van der Waals surface area contributed by atoms with Crippen molar-refractivity contribution in [3.8, 4) is 11.5 Å². The third kappa shape index (κ3) is 8.89. The molecular weight excluding hydrogens is 419 g/mol. The molecule has 0 atom stereocenters. The first-order chi connectivity index (χ1) is 12.5. The zero-order chi connectivity index (χ0) is 18.9. The van der Waals surface area contributed by atoms with E-state index in [1.807, 2.05) is 12.1 Å². The summed E-state index contributed by atoms with van der Waals surface area (Å²) in [6.07, 6.45) is 1.11. The number of hydrogen-bond donors (Lipinski definition) is 1. The lowest BCUT2D eigenvalue weighted by atomic mass is 10.1. The van der Waals surface area contributed by atoms with E-state index in [0.29, 0.717) is 23.1 Å². The predicted octanol–water partition coefficient (Wildman–Crippen LogP) is 5.12. The van der Waals surface area contributed by atoms with E-state index in [1.54, 1.807) is 7.11 Å². The average molecular weight is 450 g/mol. The van der Waals surface area contributed by atoms with E-state index in [9.17, 15) is 0 Å². The minimum absolute atomic E-state index is 0. The molecule has 0 saturated carbocycles. The highest BCUT2D eigenvalue weighted by Gasteiger charge is 2.12. The number of nitrogens with one attached hydrogen (secondary N) is 1. The van der Waals surface area contributed by atoms with Crippen molar-refractivity contribution in [3.63, 3.8) is 0 Å². The van der Waals surface area contributed by atoms with Crippen LogP contribution in [0.2, 0.25) is 5.02 Å². The number of halogens is 3. The first-order valence-electron chi connectivity index (χ1n) is 8.90. The molecule has 1 N–H and O–H groups in total. The highest BCUT2D eigenvalue weighted by Crippen LogP contribution is 2.37.